The third-order valence-electron chi connectivity index (χ3n) is 2.06. The molecule has 0 spiro atoms. The predicted octanol–water partition coefficient (Wildman–Crippen LogP) is 2.10. The third-order valence-corrected chi connectivity index (χ3v) is 2.38. The molecular formula is C11H12BrN3O. The van der Waals surface area contributed by atoms with Gasteiger partial charge in [0.2, 0.25) is 0 Å². The summed E-state index contributed by atoms with van der Waals surface area (Å²) in [5.74, 6) is 0.886. The van der Waals surface area contributed by atoms with Crippen LogP contribution in [0.1, 0.15) is 5.56 Å². The van der Waals surface area contributed by atoms with Crippen molar-refractivity contribution in [3.05, 3.63) is 42.2 Å². The minimum absolute atomic E-state index is 0.681. The van der Waals surface area contributed by atoms with Crippen molar-refractivity contribution in [1.29, 1.82) is 0 Å². The minimum Gasteiger partial charge on any atom is -0.493 e. The first-order valence-corrected chi connectivity index (χ1v) is 6.12. The Kier molecular flexibility index (Phi) is 3.93. The van der Waals surface area contributed by atoms with Crippen LogP contribution in [0.15, 0.2) is 36.7 Å². The molecule has 0 aliphatic heterocycles. The maximum atomic E-state index is 5.46. The second kappa shape index (κ2) is 5.65. The van der Waals surface area contributed by atoms with Crippen molar-refractivity contribution in [2.24, 2.45) is 0 Å². The van der Waals surface area contributed by atoms with Gasteiger partial charge in [0, 0.05) is 5.33 Å². The first-order valence-electron chi connectivity index (χ1n) is 5.00. The summed E-state index contributed by atoms with van der Waals surface area (Å²) in [5, 5.41) is 8.94. The molecule has 0 unspecified atom stereocenters. The van der Waals surface area contributed by atoms with E-state index >= 15 is 0 Å². The number of ether oxygens (including phenoxy) is 1. The van der Waals surface area contributed by atoms with E-state index in [4.69, 9.17) is 4.74 Å². The Morgan fingerprint density at radius 2 is 1.81 bits per heavy atom. The number of alkyl halides is 1. The molecule has 0 saturated carbocycles. The highest BCUT2D eigenvalue weighted by Gasteiger charge is 1.97. The topological polar surface area (TPSA) is 39.9 Å². The summed E-state index contributed by atoms with van der Waals surface area (Å²) in [4.78, 5) is 1.65. The maximum absolute atomic E-state index is 5.46. The number of hydrogen-bond acceptors (Lipinski definition) is 3. The predicted molar refractivity (Wildman–Crippen MR) is 64.9 cm³/mol. The fourth-order valence-corrected chi connectivity index (χ4v) is 1.50. The van der Waals surface area contributed by atoms with E-state index in [0.717, 1.165) is 16.6 Å². The average molecular weight is 282 g/mol. The summed E-state index contributed by atoms with van der Waals surface area (Å²) in [6, 6.07) is 7.96. The van der Waals surface area contributed by atoms with Gasteiger partial charge in [-0.15, -0.1) is 0 Å². The van der Waals surface area contributed by atoms with Crippen LogP contribution < -0.4 is 4.74 Å². The van der Waals surface area contributed by atoms with Crippen molar-refractivity contribution in [3.63, 3.8) is 0 Å². The zero-order valence-electron chi connectivity index (χ0n) is 8.71. The molecule has 0 saturated heterocycles. The summed E-state index contributed by atoms with van der Waals surface area (Å²) in [7, 11) is 0. The number of hydrogen-bond donors (Lipinski definition) is 0. The van der Waals surface area contributed by atoms with E-state index < -0.39 is 0 Å². The van der Waals surface area contributed by atoms with Gasteiger partial charge in [-0.3, -0.25) is 0 Å². The molecule has 1 aromatic carbocycles. The SMILES string of the molecule is BrCCOc1ccc(Cn2nccn2)cc1. The van der Waals surface area contributed by atoms with Crippen LogP contribution in [0, 0.1) is 0 Å². The first-order chi connectivity index (χ1) is 7.88. The lowest BCUT2D eigenvalue weighted by atomic mass is 10.2. The van der Waals surface area contributed by atoms with Crippen molar-refractivity contribution in [3.8, 4) is 5.75 Å². The van der Waals surface area contributed by atoms with Gasteiger partial charge in [0.05, 0.1) is 25.5 Å². The number of aromatic nitrogens is 3. The lowest BCUT2D eigenvalue weighted by Crippen LogP contribution is -2.03. The summed E-state index contributed by atoms with van der Waals surface area (Å²) in [6.07, 6.45) is 3.35. The number of benzene rings is 1. The molecule has 0 radical (unpaired) electrons. The van der Waals surface area contributed by atoms with Gasteiger partial charge in [0.15, 0.2) is 0 Å². The standard InChI is InChI=1S/C11H12BrN3O/c12-5-8-16-11-3-1-10(2-4-11)9-15-13-6-7-14-15/h1-4,6-7H,5,8-9H2. The Morgan fingerprint density at radius 3 is 2.44 bits per heavy atom. The monoisotopic (exact) mass is 281 g/mol. The van der Waals surface area contributed by atoms with Crippen molar-refractivity contribution in [2.45, 2.75) is 6.54 Å². The Bertz CT molecular complexity index is 413. The smallest absolute Gasteiger partial charge is 0.119 e. The van der Waals surface area contributed by atoms with Gasteiger partial charge in [-0.25, -0.2) is 0 Å². The molecule has 16 heavy (non-hydrogen) atoms. The van der Waals surface area contributed by atoms with Gasteiger partial charge in [-0.2, -0.15) is 15.0 Å². The van der Waals surface area contributed by atoms with E-state index in [-0.39, 0.29) is 0 Å². The Morgan fingerprint density at radius 1 is 1.12 bits per heavy atom. The van der Waals surface area contributed by atoms with E-state index in [1.165, 1.54) is 0 Å². The molecule has 0 aliphatic carbocycles. The summed E-state index contributed by atoms with van der Waals surface area (Å²) < 4.78 is 5.46. The van der Waals surface area contributed by atoms with E-state index in [0.29, 0.717) is 13.2 Å². The van der Waals surface area contributed by atoms with Gasteiger partial charge in [0.1, 0.15) is 5.75 Å². The van der Waals surface area contributed by atoms with Crippen molar-refractivity contribution in [2.75, 3.05) is 11.9 Å². The minimum atomic E-state index is 0.681. The van der Waals surface area contributed by atoms with Gasteiger partial charge >= 0.3 is 0 Å². The van der Waals surface area contributed by atoms with Crippen LogP contribution in [-0.4, -0.2) is 26.9 Å². The molecule has 0 amide bonds. The van der Waals surface area contributed by atoms with Crippen LogP contribution in [-0.2, 0) is 6.54 Å². The van der Waals surface area contributed by atoms with Crippen LogP contribution in [0.2, 0.25) is 0 Å². The van der Waals surface area contributed by atoms with E-state index in [2.05, 4.69) is 26.1 Å². The molecule has 4 nitrogen and oxygen atoms in total. The first kappa shape index (κ1) is 11.1. The van der Waals surface area contributed by atoms with Crippen LogP contribution >= 0.6 is 15.9 Å². The second-order valence-corrected chi connectivity index (χ2v) is 4.03. The highest BCUT2D eigenvalue weighted by Crippen LogP contribution is 2.12. The molecule has 0 bridgehead atoms. The molecule has 0 atom stereocenters. The molecule has 84 valence electrons. The summed E-state index contributed by atoms with van der Waals surface area (Å²) in [6.45, 7) is 1.37. The largest absolute Gasteiger partial charge is 0.493 e. The Labute approximate surface area is 102 Å². The lowest BCUT2D eigenvalue weighted by Gasteiger charge is -2.05. The van der Waals surface area contributed by atoms with E-state index in [1.807, 2.05) is 24.3 Å². The zero-order chi connectivity index (χ0) is 11.2. The summed E-state index contributed by atoms with van der Waals surface area (Å²) >= 11 is 3.32. The molecule has 1 heterocycles. The van der Waals surface area contributed by atoms with Crippen molar-refractivity contribution >= 4 is 15.9 Å². The third kappa shape index (κ3) is 3.06. The highest BCUT2D eigenvalue weighted by molar-refractivity contribution is 9.09. The maximum Gasteiger partial charge on any atom is 0.119 e. The molecule has 0 N–H and O–H groups in total. The van der Waals surface area contributed by atoms with Gasteiger partial charge in [-0.1, -0.05) is 28.1 Å². The van der Waals surface area contributed by atoms with Gasteiger partial charge < -0.3 is 4.74 Å². The van der Waals surface area contributed by atoms with Crippen molar-refractivity contribution in [1.82, 2.24) is 15.0 Å². The molecule has 0 aliphatic rings. The second-order valence-electron chi connectivity index (χ2n) is 3.24. The molecule has 0 fully saturated rings. The van der Waals surface area contributed by atoms with E-state index in [1.54, 1.807) is 17.2 Å². The number of nitrogens with zero attached hydrogens (tertiary/aromatic N) is 3. The fraction of sp³-hybridized carbons (Fsp3) is 0.273. The quantitative estimate of drug-likeness (QED) is 0.788. The van der Waals surface area contributed by atoms with Gasteiger partial charge in [0.25, 0.3) is 0 Å². The molecular weight excluding hydrogens is 270 g/mol. The highest BCUT2D eigenvalue weighted by atomic mass is 79.9. The Hall–Kier alpha value is -1.36. The lowest BCUT2D eigenvalue weighted by molar-refractivity contribution is 0.345. The number of halogens is 1. The fourth-order valence-electron chi connectivity index (χ4n) is 1.34. The average Bonchev–Trinajstić information content (AvgIpc) is 2.81. The Balaban J connectivity index is 1.96. The van der Waals surface area contributed by atoms with E-state index in [9.17, 15) is 0 Å². The molecule has 2 rings (SSSR count). The summed E-state index contributed by atoms with van der Waals surface area (Å²) in [5.41, 5.74) is 1.15. The normalized spacial score (nSPS) is 10.3. The molecule has 1 aromatic heterocycles. The van der Waals surface area contributed by atoms with Crippen LogP contribution in [0.25, 0.3) is 0 Å². The van der Waals surface area contributed by atoms with Crippen molar-refractivity contribution < 1.29 is 4.74 Å². The van der Waals surface area contributed by atoms with Crippen LogP contribution in [0.3, 0.4) is 0 Å². The van der Waals surface area contributed by atoms with Gasteiger partial charge in [-0.05, 0) is 17.7 Å². The molecule has 5 heteroatoms. The molecule has 2 aromatic rings. The van der Waals surface area contributed by atoms with Crippen LogP contribution in [0.5, 0.6) is 5.75 Å². The zero-order valence-corrected chi connectivity index (χ0v) is 10.3. The number of rotatable bonds is 5. The van der Waals surface area contributed by atoms with Crippen LogP contribution in [0.4, 0.5) is 0 Å².